The minimum Gasteiger partial charge on any atom is -0.475 e. The van der Waals surface area contributed by atoms with E-state index in [4.69, 9.17) is 9.90 Å². The first-order chi connectivity index (χ1) is 20.7. The third kappa shape index (κ3) is 8.58. The van der Waals surface area contributed by atoms with Crippen LogP contribution in [0.4, 0.5) is 24.5 Å². The van der Waals surface area contributed by atoms with Gasteiger partial charge in [-0.25, -0.2) is 4.79 Å². The summed E-state index contributed by atoms with van der Waals surface area (Å²) in [5, 5.41) is 25.2. The van der Waals surface area contributed by atoms with E-state index < -0.39 is 12.1 Å². The maximum atomic E-state index is 13.6. The minimum atomic E-state index is -5.08. The summed E-state index contributed by atoms with van der Waals surface area (Å²) in [6, 6.07) is 31.8. The largest absolute Gasteiger partial charge is 0.490 e. The normalized spacial score (nSPS) is 14.1. The summed E-state index contributed by atoms with van der Waals surface area (Å²) in [6.45, 7) is 0. The fourth-order valence-electron chi connectivity index (χ4n) is 5.30. The number of alkyl halides is 3. The van der Waals surface area contributed by atoms with Gasteiger partial charge in [-0.1, -0.05) is 98.8 Å². The lowest BCUT2D eigenvalue weighted by Crippen LogP contribution is -2.37. The van der Waals surface area contributed by atoms with Crippen LogP contribution in [0, 0.1) is 17.2 Å². The molecule has 3 N–H and O–H groups in total. The van der Waals surface area contributed by atoms with Crippen LogP contribution in [-0.2, 0) is 9.59 Å². The molecule has 1 atom stereocenters. The molecular weight excluding hydrogens is 555 g/mol. The highest BCUT2D eigenvalue weighted by atomic mass is 19.4. The molecule has 1 amide bonds. The van der Waals surface area contributed by atoms with Crippen molar-refractivity contribution in [2.75, 3.05) is 10.6 Å². The molecule has 0 aliphatic heterocycles. The number of carboxylic acid groups (broad SMARTS) is 1. The van der Waals surface area contributed by atoms with Crippen molar-refractivity contribution in [3.63, 3.8) is 0 Å². The van der Waals surface area contributed by atoms with Crippen molar-refractivity contribution in [2.45, 2.75) is 50.7 Å². The summed E-state index contributed by atoms with van der Waals surface area (Å²) in [5.74, 6) is -2.25. The molecule has 0 spiro atoms. The number of hydrogen-bond acceptors (Lipinski definition) is 4. The average Bonchev–Trinajstić information content (AvgIpc) is 3.02. The van der Waals surface area contributed by atoms with E-state index >= 15 is 0 Å². The maximum Gasteiger partial charge on any atom is 0.490 e. The Morgan fingerprint density at radius 1 is 0.837 bits per heavy atom. The number of anilines is 2. The molecule has 43 heavy (non-hydrogen) atoms. The summed E-state index contributed by atoms with van der Waals surface area (Å²) in [4.78, 5) is 22.5. The molecule has 9 heteroatoms. The van der Waals surface area contributed by atoms with Gasteiger partial charge in [0.05, 0.1) is 11.6 Å². The molecule has 0 bridgehead atoms. The zero-order chi connectivity index (χ0) is 30.8. The topological polar surface area (TPSA) is 102 Å². The SMILES string of the molecule is N#Cc1ccc(N[C@@H](CC2CCCCC2)C(=O)Nc2ccc(-c3ccccc3)cc2)c2ccccc12.O=C(O)C(F)(F)F. The lowest BCUT2D eigenvalue weighted by Gasteiger charge is -2.27. The monoisotopic (exact) mass is 587 g/mol. The van der Waals surface area contributed by atoms with Crippen LogP contribution in [0.25, 0.3) is 21.9 Å². The van der Waals surface area contributed by atoms with E-state index in [0.717, 1.165) is 39.7 Å². The fraction of sp³-hybridized carbons (Fsp3) is 0.265. The number of fused-ring (bicyclic) bond motifs is 1. The molecule has 0 heterocycles. The van der Waals surface area contributed by atoms with Gasteiger partial charge in [0.25, 0.3) is 0 Å². The molecule has 1 saturated carbocycles. The van der Waals surface area contributed by atoms with Crippen molar-refractivity contribution < 1.29 is 27.9 Å². The second-order valence-electron chi connectivity index (χ2n) is 10.5. The molecule has 6 nitrogen and oxygen atoms in total. The van der Waals surface area contributed by atoms with Crippen LogP contribution in [0.2, 0.25) is 0 Å². The lowest BCUT2D eigenvalue weighted by atomic mass is 9.84. The van der Waals surface area contributed by atoms with Gasteiger partial charge >= 0.3 is 12.1 Å². The number of nitriles is 1. The first-order valence-corrected chi connectivity index (χ1v) is 14.1. The number of carbonyl (C=O) groups is 2. The Morgan fingerprint density at radius 2 is 1.42 bits per heavy atom. The number of hydrogen-bond donors (Lipinski definition) is 3. The van der Waals surface area contributed by atoms with Crippen LogP contribution in [0.15, 0.2) is 91.0 Å². The molecule has 1 aliphatic carbocycles. The van der Waals surface area contributed by atoms with Gasteiger partial charge in [0.2, 0.25) is 5.91 Å². The number of halogens is 3. The Balaban J connectivity index is 0.000000541. The average molecular weight is 588 g/mol. The van der Waals surface area contributed by atoms with Gasteiger partial charge in [-0.3, -0.25) is 4.79 Å². The zero-order valence-corrected chi connectivity index (χ0v) is 23.4. The zero-order valence-electron chi connectivity index (χ0n) is 23.4. The van der Waals surface area contributed by atoms with Crippen molar-refractivity contribution in [3.8, 4) is 17.2 Å². The first kappa shape index (κ1) is 31.1. The molecule has 1 aliphatic rings. The van der Waals surface area contributed by atoms with E-state index in [0.29, 0.717) is 11.5 Å². The van der Waals surface area contributed by atoms with E-state index in [9.17, 15) is 23.2 Å². The van der Waals surface area contributed by atoms with Gasteiger partial charge in [0.15, 0.2) is 0 Å². The van der Waals surface area contributed by atoms with Gasteiger partial charge in [-0.15, -0.1) is 0 Å². The highest BCUT2D eigenvalue weighted by Crippen LogP contribution is 2.31. The molecule has 4 aromatic carbocycles. The van der Waals surface area contributed by atoms with Crippen LogP contribution in [0.5, 0.6) is 0 Å². The molecule has 1 fully saturated rings. The number of aliphatic carboxylic acids is 1. The number of amides is 1. The Hall–Kier alpha value is -4.84. The van der Waals surface area contributed by atoms with E-state index in [1.165, 1.54) is 32.1 Å². The Kier molecular flexibility index (Phi) is 10.4. The highest BCUT2D eigenvalue weighted by Gasteiger charge is 2.38. The number of nitrogens with one attached hydrogen (secondary N) is 2. The van der Waals surface area contributed by atoms with Gasteiger partial charge in [0, 0.05) is 22.1 Å². The predicted octanol–water partition coefficient (Wildman–Crippen LogP) is 8.40. The number of rotatable bonds is 7. The smallest absolute Gasteiger partial charge is 0.475 e. The van der Waals surface area contributed by atoms with Crippen molar-refractivity contribution in [3.05, 3.63) is 96.6 Å². The summed E-state index contributed by atoms with van der Waals surface area (Å²) >= 11 is 0. The number of nitrogens with zero attached hydrogens (tertiary/aromatic N) is 1. The summed E-state index contributed by atoms with van der Waals surface area (Å²) in [6.07, 6.45) is 1.81. The van der Waals surface area contributed by atoms with Crippen molar-refractivity contribution in [1.82, 2.24) is 0 Å². The van der Waals surface area contributed by atoms with Crippen molar-refractivity contribution >= 4 is 34.0 Å². The van der Waals surface area contributed by atoms with Gasteiger partial charge in [-0.2, -0.15) is 18.4 Å². The fourth-order valence-corrected chi connectivity index (χ4v) is 5.30. The summed E-state index contributed by atoms with van der Waals surface area (Å²) < 4.78 is 31.7. The third-order valence-corrected chi connectivity index (χ3v) is 7.49. The summed E-state index contributed by atoms with van der Waals surface area (Å²) in [7, 11) is 0. The molecule has 222 valence electrons. The molecule has 0 aromatic heterocycles. The number of benzene rings is 4. The van der Waals surface area contributed by atoms with E-state index in [2.05, 4.69) is 28.8 Å². The van der Waals surface area contributed by atoms with E-state index in [1.807, 2.05) is 78.9 Å². The standard InChI is InChI=1S/C32H31N3O.C2HF3O2/c33-22-26-17-20-30(29-14-8-7-13-28(26)29)35-31(21-23-9-3-1-4-10-23)32(36)34-27-18-15-25(16-19-27)24-11-5-2-6-12-24;3-2(4,5)1(6)7/h2,5-8,11-20,23,31,35H,1,3-4,9-10,21H2,(H,34,36);(H,6,7)/t31-;/m0./s1. The molecule has 0 saturated heterocycles. The first-order valence-electron chi connectivity index (χ1n) is 14.1. The third-order valence-electron chi connectivity index (χ3n) is 7.49. The molecule has 0 radical (unpaired) electrons. The maximum absolute atomic E-state index is 13.6. The van der Waals surface area contributed by atoms with Crippen molar-refractivity contribution in [1.29, 1.82) is 5.26 Å². The molecular formula is C34H32F3N3O3. The van der Waals surface area contributed by atoms with Gasteiger partial charge in [-0.05, 0) is 47.7 Å². The van der Waals surface area contributed by atoms with E-state index in [1.54, 1.807) is 0 Å². The quantitative estimate of drug-likeness (QED) is 0.202. The number of carbonyl (C=O) groups excluding carboxylic acids is 1. The number of carboxylic acids is 1. The second-order valence-corrected chi connectivity index (χ2v) is 10.5. The van der Waals surface area contributed by atoms with Crippen molar-refractivity contribution in [2.24, 2.45) is 5.92 Å². The molecule has 4 aromatic rings. The predicted molar refractivity (Wildman–Crippen MR) is 161 cm³/mol. The van der Waals surface area contributed by atoms with Gasteiger partial charge in [0.1, 0.15) is 6.04 Å². The summed E-state index contributed by atoms with van der Waals surface area (Å²) in [5.41, 5.74) is 4.59. The van der Waals surface area contributed by atoms with Crippen LogP contribution in [-0.4, -0.2) is 29.2 Å². The molecule has 5 rings (SSSR count). The minimum absolute atomic E-state index is 0.0264. The Labute approximate surface area is 248 Å². The van der Waals surface area contributed by atoms with Crippen LogP contribution < -0.4 is 10.6 Å². The molecule has 0 unspecified atom stereocenters. The Morgan fingerprint density at radius 3 is 2.02 bits per heavy atom. The van der Waals surface area contributed by atoms with Crippen LogP contribution >= 0.6 is 0 Å². The second kappa shape index (κ2) is 14.4. The van der Waals surface area contributed by atoms with E-state index in [-0.39, 0.29) is 11.9 Å². The van der Waals surface area contributed by atoms with Gasteiger partial charge < -0.3 is 15.7 Å². The van der Waals surface area contributed by atoms with Crippen LogP contribution in [0.1, 0.15) is 44.1 Å². The highest BCUT2D eigenvalue weighted by molar-refractivity contribution is 6.01. The lowest BCUT2D eigenvalue weighted by molar-refractivity contribution is -0.192. The Bertz CT molecular complexity index is 1580. The van der Waals surface area contributed by atoms with Crippen LogP contribution in [0.3, 0.4) is 0 Å².